The fourth-order valence-electron chi connectivity index (χ4n) is 9.02. The predicted molar refractivity (Wildman–Crippen MR) is 239 cm³/mol. The molecule has 0 spiro atoms. The van der Waals surface area contributed by atoms with E-state index in [2.05, 4.69) is 163 Å². The van der Waals surface area contributed by atoms with Crippen LogP contribution in [0.5, 0.6) is 11.5 Å². The maximum absolute atomic E-state index is 5.71. The van der Waals surface area contributed by atoms with Crippen molar-refractivity contribution in [2.45, 2.75) is 64.2 Å². The van der Waals surface area contributed by atoms with Crippen molar-refractivity contribution >= 4 is 28.5 Å². The van der Waals surface area contributed by atoms with E-state index in [1.54, 1.807) is 28.4 Å². The summed E-state index contributed by atoms with van der Waals surface area (Å²) in [6.45, 7) is 12.5. The van der Waals surface area contributed by atoms with E-state index >= 15 is 0 Å². The van der Waals surface area contributed by atoms with Crippen LogP contribution in [-0.4, -0.2) is 65.0 Å². The molecule has 0 amide bonds. The average Bonchev–Trinajstić information content (AvgIpc) is 3.80. The molecule has 0 saturated carbocycles. The van der Waals surface area contributed by atoms with Crippen molar-refractivity contribution in [3.63, 3.8) is 0 Å². The number of methoxy groups -OCH3 is 4. The zero-order valence-electron chi connectivity index (χ0n) is 35.7. The highest BCUT2D eigenvalue weighted by Crippen LogP contribution is 2.50. The maximum Gasteiger partial charge on any atom is 0.210 e. The average molecular weight is 779 g/mol. The summed E-state index contributed by atoms with van der Waals surface area (Å²) in [5, 5.41) is 0. The van der Waals surface area contributed by atoms with Crippen molar-refractivity contribution in [3.05, 3.63) is 155 Å². The number of benzene rings is 4. The third-order valence-electron chi connectivity index (χ3n) is 12.1. The number of hydrogen-bond donors (Lipinski definition) is 0. The molecule has 58 heavy (non-hydrogen) atoms. The zero-order valence-corrected chi connectivity index (χ0v) is 35.7. The molecule has 0 aromatic heterocycles. The minimum absolute atomic E-state index is 0.230. The van der Waals surface area contributed by atoms with Crippen LogP contribution in [0.2, 0.25) is 0 Å². The second kappa shape index (κ2) is 17.6. The number of para-hydroxylation sites is 2. The number of fused-ring (bicyclic) bond motifs is 2. The third-order valence-corrected chi connectivity index (χ3v) is 12.1. The standard InChI is InChI=1S/C51H60N3O4/c1-50(2)43-35-41(57-7)25-27-45(43)52(31-15-33-55-5)47(50)29-23-37-21-22-38(49(37)54(39-17-11-9-12-18-39)40-19-13-10-14-20-40)24-30-48-51(3,4)44-36-42(58-8)26-28-46(44)53(48)32-16-34-56-6/h9-14,17-20,23-30,35-36H,15-16,21-22,31-34H2,1-8H3/q+1. The van der Waals surface area contributed by atoms with Crippen LogP contribution in [0.25, 0.3) is 0 Å². The Morgan fingerprint density at radius 3 is 1.93 bits per heavy atom. The molecule has 0 bridgehead atoms. The van der Waals surface area contributed by atoms with Gasteiger partial charge in [-0.15, -0.1) is 0 Å². The van der Waals surface area contributed by atoms with E-state index in [-0.39, 0.29) is 10.8 Å². The molecule has 302 valence electrons. The molecule has 4 aromatic carbocycles. The SMILES string of the molecule is COCCCN1/C(=C/C=C2\CCC(/C=C/C3=[N+](CCCOC)c4ccc(OC)cc4C3(C)C)=C2N(c2ccccc2)c2ccccc2)C(C)(C)c2cc(OC)ccc21. The van der Waals surface area contributed by atoms with Crippen LogP contribution in [0.15, 0.2) is 144 Å². The smallest absolute Gasteiger partial charge is 0.210 e. The lowest BCUT2D eigenvalue weighted by atomic mass is 9.81. The first kappa shape index (κ1) is 40.8. The number of hydrogen-bond acceptors (Lipinski definition) is 6. The number of nitrogens with zero attached hydrogens (tertiary/aromatic N) is 3. The first-order chi connectivity index (χ1) is 28.1. The van der Waals surface area contributed by atoms with E-state index in [0.29, 0.717) is 13.2 Å². The molecule has 2 heterocycles. The van der Waals surface area contributed by atoms with Gasteiger partial charge < -0.3 is 28.7 Å². The Kier molecular flexibility index (Phi) is 12.4. The Morgan fingerprint density at radius 1 is 0.672 bits per heavy atom. The zero-order chi connectivity index (χ0) is 40.9. The summed E-state index contributed by atoms with van der Waals surface area (Å²) < 4.78 is 24.9. The molecule has 0 fully saturated rings. The highest BCUT2D eigenvalue weighted by Gasteiger charge is 2.45. The van der Waals surface area contributed by atoms with Gasteiger partial charge in [-0.25, -0.2) is 0 Å². The van der Waals surface area contributed by atoms with Crippen molar-refractivity contribution in [2.75, 3.05) is 64.5 Å². The van der Waals surface area contributed by atoms with Crippen LogP contribution in [0.3, 0.4) is 0 Å². The molecular formula is C51H60N3O4+. The fraction of sp³-hybridized carbons (Fsp3) is 0.353. The molecule has 4 aromatic rings. The number of allylic oxidation sites excluding steroid dienone is 7. The molecule has 1 aliphatic carbocycles. The topological polar surface area (TPSA) is 46.4 Å². The normalized spacial score (nSPS) is 18.2. The van der Waals surface area contributed by atoms with Gasteiger partial charge in [0, 0.05) is 79.7 Å². The minimum atomic E-state index is -0.230. The van der Waals surface area contributed by atoms with Gasteiger partial charge in [0.25, 0.3) is 0 Å². The Balaban J connectivity index is 1.39. The lowest BCUT2D eigenvalue weighted by molar-refractivity contribution is -0.438. The Morgan fingerprint density at radius 2 is 1.29 bits per heavy atom. The molecular weight excluding hydrogens is 719 g/mol. The fourth-order valence-corrected chi connectivity index (χ4v) is 9.02. The van der Waals surface area contributed by atoms with Gasteiger partial charge >= 0.3 is 0 Å². The van der Waals surface area contributed by atoms with E-state index < -0.39 is 0 Å². The minimum Gasteiger partial charge on any atom is -0.497 e. The van der Waals surface area contributed by atoms with Gasteiger partial charge in [0.05, 0.1) is 31.9 Å². The van der Waals surface area contributed by atoms with E-state index in [9.17, 15) is 0 Å². The van der Waals surface area contributed by atoms with Crippen LogP contribution >= 0.6 is 0 Å². The van der Waals surface area contributed by atoms with Gasteiger partial charge in [-0.3, -0.25) is 0 Å². The van der Waals surface area contributed by atoms with E-state index in [4.69, 9.17) is 18.9 Å². The Labute approximate surface area is 346 Å². The Bertz CT molecular complexity index is 2210. The van der Waals surface area contributed by atoms with Gasteiger partial charge in [0.15, 0.2) is 12.3 Å². The van der Waals surface area contributed by atoms with Gasteiger partial charge in [-0.1, -0.05) is 62.4 Å². The first-order valence-corrected chi connectivity index (χ1v) is 20.6. The van der Waals surface area contributed by atoms with Crippen molar-refractivity contribution in [1.82, 2.24) is 0 Å². The van der Waals surface area contributed by atoms with Gasteiger partial charge in [0.1, 0.15) is 11.5 Å². The van der Waals surface area contributed by atoms with Crippen LogP contribution in [0.1, 0.15) is 64.5 Å². The van der Waals surface area contributed by atoms with Crippen LogP contribution in [0.4, 0.5) is 22.7 Å². The molecule has 0 radical (unpaired) electrons. The third kappa shape index (κ3) is 7.90. The predicted octanol–water partition coefficient (Wildman–Crippen LogP) is 11.2. The van der Waals surface area contributed by atoms with Crippen molar-refractivity contribution in [3.8, 4) is 11.5 Å². The molecule has 7 heteroatoms. The summed E-state index contributed by atoms with van der Waals surface area (Å²) >= 11 is 0. The van der Waals surface area contributed by atoms with E-state index in [0.717, 1.165) is 61.6 Å². The summed E-state index contributed by atoms with van der Waals surface area (Å²) in [4.78, 5) is 4.94. The van der Waals surface area contributed by atoms with Gasteiger partial charge in [-0.2, -0.15) is 4.58 Å². The van der Waals surface area contributed by atoms with Crippen LogP contribution < -0.4 is 19.3 Å². The van der Waals surface area contributed by atoms with E-state index in [1.165, 1.54) is 50.8 Å². The van der Waals surface area contributed by atoms with Crippen LogP contribution in [0, 0.1) is 0 Å². The second-order valence-electron chi connectivity index (χ2n) is 16.4. The van der Waals surface area contributed by atoms with Crippen molar-refractivity contribution < 1.29 is 23.5 Å². The number of anilines is 3. The second-order valence-corrected chi connectivity index (χ2v) is 16.4. The molecule has 7 nitrogen and oxygen atoms in total. The summed E-state index contributed by atoms with van der Waals surface area (Å²) in [6, 6.07) is 34.6. The van der Waals surface area contributed by atoms with Crippen LogP contribution in [-0.2, 0) is 20.3 Å². The lowest BCUT2D eigenvalue weighted by Gasteiger charge is -2.29. The highest BCUT2D eigenvalue weighted by atomic mass is 16.5. The van der Waals surface area contributed by atoms with Gasteiger partial charge in [-0.05, 0) is 110 Å². The summed E-state index contributed by atoms with van der Waals surface area (Å²) in [5.74, 6) is 1.76. The monoisotopic (exact) mass is 778 g/mol. The molecule has 0 saturated heterocycles. The quantitative estimate of drug-likeness (QED) is 0.0834. The summed E-state index contributed by atoms with van der Waals surface area (Å²) in [6.07, 6.45) is 13.2. The van der Waals surface area contributed by atoms with Crippen molar-refractivity contribution in [2.24, 2.45) is 0 Å². The largest absolute Gasteiger partial charge is 0.497 e. The Hall–Kier alpha value is -5.37. The van der Waals surface area contributed by atoms with E-state index in [1.807, 2.05) is 0 Å². The number of rotatable bonds is 16. The maximum atomic E-state index is 5.71. The summed E-state index contributed by atoms with van der Waals surface area (Å²) in [5.41, 5.74) is 13.2. The first-order valence-electron chi connectivity index (χ1n) is 20.6. The molecule has 7 rings (SSSR count). The lowest BCUT2D eigenvalue weighted by Crippen LogP contribution is -2.28. The molecule has 0 unspecified atom stereocenters. The molecule has 3 aliphatic rings. The molecule has 2 aliphatic heterocycles. The highest BCUT2D eigenvalue weighted by molar-refractivity contribution is 6.03. The number of ether oxygens (including phenoxy) is 4. The van der Waals surface area contributed by atoms with Gasteiger partial charge in [0.2, 0.25) is 5.69 Å². The van der Waals surface area contributed by atoms with Crippen molar-refractivity contribution in [1.29, 1.82) is 0 Å². The molecule has 0 N–H and O–H groups in total. The molecule has 0 atom stereocenters. The summed E-state index contributed by atoms with van der Waals surface area (Å²) in [7, 11) is 7.04.